The maximum Gasteiger partial charge on any atom is 0.271 e. The summed E-state index contributed by atoms with van der Waals surface area (Å²) in [5.41, 5.74) is 3.58. The van der Waals surface area contributed by atoms with E-state index in [2.05, 4.69) is 84.8 Å². The van der Waals surface area contributed by atoms with E-state index in [4.69, 9.17) is 9.52 Å². The normalized spacial score (nSPS) is 12.5. The number of H-pyrrole nitrogens is 1. The van der Waals surface area contributed by atoms with Crippen LogP contribution in [-0.4, -0.2) is 52.7 Å². The zero-order valence-electron chi connectivity index (χ0n) is 28.7. The quantitative estimate of drug-likeness (QED) is 0.127. The summed E-state index contributed by atoms with van der Waals surface area (Å²) in [6.07, 6.45) is 0.388. The highest BCUT2D eigenvalue weighted by Gasteiger charge is 2.50. The van der Waals surface area contributed by atoms with Crippen molar-refractivity contribution in [3.05, 3.63) is 143 Å². The second kappa shape index (κ2) is 14.8. The van der Waals surface area contributed by atoms with E-state index in [1.54, 1.807) is 18.2 Å². The van der Waals surface area contributed by atoms with Gasteiger partial charge in [0.15, 0.2) is 0 Å². The lowest BCUT2D eigenvalue weighted by atomic mass is 10.0. The number of para-hydroxylation sites is 1. The topological polar surface area (TPSA) is 105 Å². The molecule has 3 N–H and O–H groups in total. The minimum Gasteiger partial charge on any atom is -0.405 e. The third-order valence-electron chi connectivity index (χ3n) is 9.03. The molecule has 0 amide bonds. The average molecular weight is 688 g/mol. The van der Waals surface area contributed by atoms with Crippen molar-refractivity contribution < 1.29 is 13.9 Å². The van der Waals surface area contributed by atoms with Crippen LogP contribution >= 0.6 is 0 Å². The van der Waals surface area contributed by atoms with Crippen LogP contribution in [0.25, 0.3) is 28.2 Å². The molecule has 0 bridgehead atoms. The number of anilines is 1. The van der Waals surface area contributed by atoms with E-state index in [-0.39, 0.29) is 35.7 Å². The zero-order chi connectivity index (χ0) is 35.3. The lowest BCUT2D eigenvalue weighted by molar-refractivity contribution is 0.233. The number of rotatable bonds is 12. The van der Waals surface area contributed by atoms with Crippen molar-refractivity contribution in [2.75, 3.05) is 18.5 Å². The van der Waals surface area contributed by atoms with Gasteiger partial charge in [-0.1, -0.05) is 99.6 Å². The highest BCUT2D eigenvalue weighted by molar-refractivity contribution is 6.99. The lowest BCUT2D eigenvalue weighted by Crippen LogP contribution is -2.67. The fraction of sp³-hybridized carbons (Fsp3) is 0.225. The molecule has 6 aromatic rings. The first-order chi connectivity index (χ1) is 24.1. The van der Waals surface area contributed by atoms with Gasteiger partial charge >= 0.3 is 0 Å². The molecule has 0 saturated carbocycles. The number of nitrogens with zero attached hydrogens (tertiary/aromatic N) is 3. The predicted molar refractivity (Wildman–Crippen MR) is 200 cm³/mol. The fourth-order valence-electron chi connectivity index (χ4n) is 6.57. The third kappa shape index (κ3) is 6.95. The van der Waals surface area contributed by atoms with E-state index in [9.17, 15) is 14.3 Å². The van der Waals surface area contributed by atoms with Gasteiger partial charge in [-0.05, 0) is 70.7 Å². The molecular formula is C40H42FN5O3Si. The van der Waals surface area contributed by atoms with E-state index in [0.717, 1.165) is 15.9 Å². The summed E-state index contributed by atoms with van der Waals surface area (Å²) in [4.78, 5) is 13.1. The van der Waals surface area contributed by atoms with E-state index in [1.807, 2.05) is 43.3 Å². The van der Waals surface area contributed by atoms with Gasteiger partial charge in [0.25, 0.3) is 13.9 Å². The van der Waals surface area contributed by atoms with Gasteiger partial charge in [0.1, 0.15) is 17.3 Å². The summed E-state index contributed by atoms with van der Waals surface area (Å²) >= 11 is 0. The Morgan fingerprint density at radius 3 is 2.10 bits per heavy atom. The molecule has 0 saturated heterocycles. The van der Waals surface area contributed by atoms with Crippen LogP contribution in [0.5, 0.6) is 0 Å². The first-order valence-electron chi connectivity index (χ1n) is 16.8. The van der Waals surface area contributed by atoms with Gasteiger partial charge in [-0.3, -0.25) is 9.89 Å². The lowest BCUT2D eigenvalue weighted by Gasteiger charge is -2.43. The molecule has 0 fully saturated rings. The highest BCUT2D eigenvalue weighted by Crippen LogP contribution is 2.38. The Morgan fingerprint density at radius 2 is 1.50 bits per heavy atom. The Labute approximate surface area is 292 Å². The van der Waals surface area contributed by atoms with Gasteiger partial charge in [0.05, 0.1) is 29.6 Å². The molecule has 0 unspecified atom stereocenters. The van der Waals surface area contributed by atoms with Crippen LogP contribution < -0.4 is 21.2 Å². The first-order valence-corrected chi connectivity index (χ1v) is 18.7. The van der Waals surface area contributed by atoms with E-state index in [1.165, 1.54) is 22.9 Å². The number of hydrogen-bond acceptors (Lipinski definition) is 6. The van der Waals surface area contributed by atoms with Crippen molar-refractivity contribution >= 4 is 24.5 Å². The van der Waals surface area contributed by atoms with Crippen molar-refractivity contribution in [2.24, 2.45) is 0 Å². The summed E-state index contributed by atoms with van der Waals surface area (Å²) in [7, 11) is -2.88. The summed E-state index contributed by atoms with van der Waals surface area (Å²) < 4.78 is 22.6. The molecule has 8 nitrogen and oxygen atoms in total. The van der Waals surface area contributed by atoms with E-state index in [0.29, 0.717) is 40.4 Å². The van der Waals surface area contributed by atoms with Crippen LogP contribution in [0.4, 0.5) is 10.2 Å². The molecule has 0 aliphatic carbocycles. The number of aromatic amines is 1. The number of aliphatic hydroxyl groups excluding tert-OH is 1. The molecule has 2 aromatic heterocycles. The van der Waals surface area contributed by atoms with Crippen LogP contribution in [0.15, 0.2) is 126 Å². The summed E-state index contributed by atoms with van der Waals surface area (Å²) in [5, 5.41) is 28.5. The number of halogens is 1. The maximum atomic E-state index is 14.0. The van der Waals surface area contributed by atoms with Crippen molar-refractivity contribution in [1.82, 2.24) is 20.0 Å². The molecule has 6 rings (SSSR count). The molecular weight excluding hydrogens is 646 g/mol. The number of benzene rings is 4. The summed E-state index contributed by atoms with van der Waals surface area (Å²) in [6, 6.07) is 37.3. The van der Waals surface area contributed by atoms with Gasteiger partial charge in [-0.15, -0.1) is 0 Å². The van der Waals surface area contributed by atoms with E-state index < -0.39 is 8.32 Å². The second-order valence-electron chi connectivity index (χ2n) is 13.4. The Hall–Kier alpha value is -5.16. The van der Waals surface area contributed by atoms with E-state index >= 15 is 0 Å². The van der Waals surface area contributed by atoms with Crippen LogP contribution in [0, 0.1) is 12.7 Å². The van der Waals surface area contributed by atoms with Crippen molar-refractivity contribution in [2.45, 2.75) is 45.2 Å². The number of aliphatic hydroxyl groups is 1. The van der Waals surface area contributed by atoms with Gasteiger partial charge in [0, 0.05) is 18.2 Å². The van der Waals surface area contributed by atoms with Gasteiger partial charge < -0.3 is 14.8 Å². The molecule has 4 aromatic carbocycles. The Kier molecular flexibility index (Phi) is 10.2. The smallest absolute Gasteiger partial charge is 0.271 e. The SMILES string of the molecule is Cc1ccccc1-n1nc(-c2c(-c3ccc(F)cc3)n[nH]c2N[C@H](CCO)CO[Si](c2ccccc2)(c2ccccc2)C(C)(C)C)ccc1=O. The monoisotopic (exact) mass is 687 g/mol. The fourth-order valence-corrected chi connectivity index (χ4v) is 11.2. The standard InChI is InChI=1S/C40H42FN5O3Si/c1-28-13-11-12-18-35(28)46-36(48)24-23-34(45-46)37-38(29-19-21-30(41)22-20-29)43-44-39(37)42-31(25-26-47)27-49-50(40(2,3)4,32-14-7-5-8-15-32)33-16-9-6-10-17-33/h5-24,31,47H,25-27H2,1-4H3,(H2,42,43,44)/t31-/m1/s1. The maximum absolute atomic E-state index is 14.0. The van der Waals surface area contributed by atoms with Crippen molar-refractivity contribution in [3.63, 3.8) is 0 Å². The Morgan fingerprint density at radius 1 is 0.880 bits per heavy atom. The number of nitrogens with one attached hydrogen (secondary N) is 2. The van der Waals surface area contributed by atoms with Crippen molar-refractivity contribution in [1.29, 1.82) is 0 Å². The molecule has 10 heteroatoms. The summed E-state index contributed by atoms with van der Waals surface area (Å²) in [5.74, 6) is 0.176. The molecule has 0 radical (unpaired) electrons. The molecule has 1 atom stereocenters. The van der Waals surface area contributed by atoms with Crippen molar-refractivity contribution in [3.8, 4) is 28.2 Å². The average Bonchev–Trinajstić information content (AvgIpc) is 3.53. The number of hydrogen-bond donors (Lipinski definition) is 3. The minimum absolute atomic E-state index is 0.0769. The van der Waals surface area contributed by atoms with Crippen LogP contribution in [0.2, 0.25) is 5.04 Å². The summed E-state index contributed by atoms with van der Waals surface area (Å²) in [6.45, 7) is 8.82. The Balaban J connectivity index is 1.43. The largest absolute Gasteiger partial charge is 0.405 e. The van der Waals surface area contributed by atoms with Gasteiger partial charge in [-0.2, -0.15) is 14.9 Å². The minimum atomic E-state index is -2.88. The number of aryl methyl sites for hydroxylation is 1. The molecule has 50 heavy (non-hydrogen) atoms. The molecule has 0 aliphatic rings. The highest BCUT2D eigenvalue weighted by atomic mass is 28.4. The van der Waals surface area contributed by atoms with Crippen LogP contribution in [-0.2, 0) is 4.43 Å². The molecule has 256 valence electrons. The van der Waals surface area contributed by atoms with Crippen LogP contribution in [0.1, 0.15) is 32.8 Å². The number of aromatic nitrogens is 4. The molecule has 0 aliphatic heterocycles. The Bertz CT molecular complexity index is 2060. The van der Waals surface area contributed by atoms with Gasteiger partial charge in [-0.25, -0.2) is 4.39 Å². The second-order valence-corrected chi connectivity index (χ2v) is 17.7. The molecule has 2 heterocycles. The zero-order valence-corrected chi connectivity index (χ0v) is 29.7. The third-order valence-corrected chi connectivity index (χ3v) is 14.0. The molecule has 0 spiro atoms. The van der Waals surface area contributed by atoms with Gasteiger partial charge in [0.2, 0.25) is 0 Å². The first kappa shape index (κ1) is 34.7. The predicted octanol–water partition coefficient (Wildman–Crippen LogP) is 6.48. The van der Waals surface area contributed by atoms with Crippen LogP contribution in [0.3, 0.4) is 0 Å².